The van der Waals surface area contributed by atoms with Crippen LogP contribution in [0.3, 0.4) is 0 Å². The van der Waals surface area contributed by atoms with Crippen molar-refractivity contribution in [3.8, 4) is 11.5 Å². The lowest BCUT2D eigenvalue weighted by atomic mass is 10.1. The van der Waals surface area contributed by atoms with Crippen LogP contribution in [0.1, 0.15) is 23.0 Å². The molecule has 1 unspecified atom stereocenters. The maximum atomic E-state index is 10.2. The first-order valence-electron chi connectivity index (χ1n) is 6.17. The summed E-state index contributed by atoms with van der Waals surface area (Å²) in [5.41, 5.74) is 1.19. The molecule has 0 amide bonds. The van der Waals surface area contributed by atoms with Crippen molar-refractivity contribution in [3.63, 3.8) is 0 Å². The Kier molecular flexibility index (Phi) is 4.82. The summed E-state index contributed by atoms with van der Waals surface area (Å²) in [5.74, 6) is 1.62. The molecule has 0 aliphatic heterocycles. The summed E-state index contributed by atoms with van der Waals surface area (Å²) in [4.78, 5) is 0.899. The van der Waals surface area contributed by atoms with E-state index < -0.39 is 6.10 Å². The fourth-order valence-electron chi connectivity index (χ4n) is 1.95. The van der Waals surface area contributed by atoms with Crippen molar-refractivity contribution in [1.82, 2.24) is 0 Å². The Bertz CT molecular complexity index is 504. The van der Waals surface area contributed by atoms with Crippen LogP contribution in [0, 0.1) is 0 Å². The van der Waals surface area contributed by atoms with Crippen molar-refractivity contribution in [1.29, 1.82) is 0 Å². The molecule has 4 heteroatoms. The van der Waals surface area contributed by atoms with E-state index in [2.05, 4.69) is 0 Å². The Morgan fingerprint density at radius 3 is 2.47 bits per heavy atom. The molecule has 2 aromatic rings. The van der Waals surface area contributed by atoms with Gasteiger partial charge in [0, 0.05) is 0 Å². The van der Waals surface area contributed by atoms with Gasteiger partial charge in [-0.15, -0.1) is 11.3 Å². The van der Waals surface area contributed by atoms with E-state index >= 15 is 0 Å². The molecule has 0 saturated carbocycles. The van der Waals surface area contributed by atoms with Gasteiger partial charge in [0.05, 0.1) is 25.2 Å². The Morgan fingerprint density at radius 2 is 1.84 bits per heavy atom. The van der Waals surface area contributed by atoms with Crippen LogP contribution in [0.15, 0.2) is 35.7 Å². The molecule has 0 aliphatic rings. The Labute approximate surface area is 117 Å². The maximum Gasteiger partial charge on any atom is 0.135 e. The average Bonchev–Trinajstić information content (AvgIpc) is 2.93. The van der Waals surface area contributed by atoms with E-state index in [0.717, 1.165) is 22.8 Å². The number of rotatable bonds is 6. The first kappa shape index (κ1) is 13.9. The van der Waals surface area contributed by atoms with E-state index in [1.807, 2.05) is 35.7 Å². The summed E-state index contributed by atoms with van der Waals surface area (Å²) in [5, 5.41) is 12.1. The molecule has 2 rings (SSSR count). The quantitative estimate of drug-likeness (QED) is 0.879. The summed E-state index contributed by atoms with van der Waals surface area (Å²) in [6, 6.07) is 9.81. The van der Waals surface area contributed by atoms with Gasteiger partial charge in [-0.3, -0.25) is 0 Å². The molecular weight excluding hydrogens is 260 g/mol. The van der Waals surface area contributed by atoms with Crippen LogP contribution in [0.25, 0.3) is 0 Å². The number of methoxy groups -OCH3 is 2. The molecule has 0 spiro atoms. The molecular formula is C15H18O3S. The zero-order valence-corrected chi connectivity index (χ0v) is 11.9. The lowest BCUT2D eigenvalue weighted by molar-refractivity contribution is 0.168. The van der Waals surface area contributed by atoms with E-state index in [9.17, 15) is 5.11 Å². The number of ether oxygens (including phenoxy) is 2. The minimum absolute atomic E-state index is 0.475. The summed E-state index contributed by atoms with van der Waals surface area (Å²) < 4.78 is 10.3. The molecule has 0 bridgehead atoms. The van der Waals surface area contributed by atoms with E-state index in [0.29, 0.717) is 6.42 Å². The fraction of sp³-hybridized carbons (Fsp3) is 0.333. The molecule has 1 heterocycles. The standard InChI is InChI=1S/C15H18O3S/c1-17-12-6-3-11(4-7-12)5-8-13(16)15-14(18-2)9-10-19-15/h3-4,6-7,9-10,13,16H,5,8H2,1-2H3. The summed E-state index contributed by atoms with van der Waals surface area (Å²) >= 11 is 1.53. The number of hydrogen-bond acceptors (Lipinski definition) is 4. The smallest absolute Gasteiger partial charge is 0.135 e. The molecule has 1 aromatic carbocycles. The van der Waals surface area contributed by atoms with Gasteiger partial charge < -0.3 is 14.6 Å². The first-order valence-corrected chi connectivity index (χ1v) is 7.05. The van der Waals surface area contributed by atoms with Gasteiger partial charge in [-0.1, -0.05) is 12.1 Å². The molecule has 0 fully saturated rings. The first-order chi connectivity index (χ1) is 9.24. The summed E-state index contributed by atoms with van der Waals surface area (Å²) in [7, 11) is 3.28. The zero-order valence-electron chi connectivity index (χ0n) is 11.1. The molecule has 0 aliphatic carbocycles. The van der Waals surface area contributed by atoms with E-state index in [1.54, 1.807) is 14.2 Å². The van der Waals surface area contributed by atoms with Crippen LogP contribution in [-0.4, -0.2) is 19.3 Å². The molecule has 1 N–H and O–H groups in total. The van der Waals surface area contributed by atoms with Crippen molar-refractivity contribution < 1.29 is 14.6 Å². The van der Waals surface area contributed by atoms with E-state index in [-0.39, 0.29) is 0 Å². The predicted octanol–water partition coefficient (Wildman–Crippen LogP) is 3.43. The molecule has 1 aromatic heterocycles. The maximum absolute atomic E-state index is 10.2. The van der Waals surface area contributed by atoms with Gasteiger partial charge in [0.15, 0.2) is 0 Å². The third-order valence-corrected chi connectivity index (χ3v) is 4.04. The lowest BCUT2D eigenvalue weighted by Gasteiger charge is -2.11. The largest absolute Gasteiger partial charge is 0.497 e. The SMILES string of the molecule is COc1ccc(CCC(O)c2sccc2OC)cc1. The number of aliphatic hydroxyl groups is 1. The number of aryl methyl sites for hydroxylation is 1. The van der Waals surface area contributed by atoms with Crippen molar-refractivity contribution >= 4 is 11.3 Å². The van der Waals surface area contributed by atoms with Crippen molar-refractivity contribution in [3.05, 3.63) is 46.2 Å². The van der Waals surface area contributed by atoms with E-state index in [4.69, 9.17) is 9.47 Å². The van der Waals surface area contributed by atoms with Crippen LogP contribution in [0.4, 0.5) is 0 Å². The summed E-state index contributed by atoms with van der Waals surface area (Å²) in [6.07, 6.45) is 1.03. The fourth-order valence-corrected chi connectivity index (χ4v) is 2.83. The number of benzene rings is 1. The molecule has 102 valence electrons. The second-order valence-electron chi connectivity index (χ2n) is 4.26. The van der Waals surface area contributed by atoms with Crippen LogP contribution < -0.4 is 9.47 Å². The van der Waals surface area contributed by atoms with Crippen LogP contribution in [-0.2, 0) is 6.42 Å². The monoisotopic (exact) mass is 278 g/mol. The van der Waals surface area contributed by atoms with Crippen molar-refractivity contribution in [2.24, 2.45) is 0 Å². The van der Waals surface area contributed by atoms with Crippen LogP contribution in [0.2, 0.25) is 0 Å². The van der Waals surface area contributed by atoms with Gasteiger partial charge in [0.1, 0.15) is 11.5 Å². The van der Waals surface area contributed by atoms with Gasteiger partial charge in [0.25, 0.3) is 0 Å². The highest BCUT2D eigenvalue weighted by Crippen LogP contribution is 2.33. The molecule has 3 nitrogen and oxygen atoms in total. The summed E-state index contributed by atoms with van der Waals surface area (Å²) in [6.45, 7) is 0. The highest BCUT2D eigenvalue weighted by Gasteiger charge is 2.14. The molecule has 0 saturated heterocycles. The molecule has 1 atom stereocenters. The molecule has 19 heavy (non-hydrogen) atoms. The van der Waals surface area contributed by atoms with Crippen LogP contribution >= 0.6 is 11.3 Å². The highest BCUT2D eigenvalue weighted by molar-refractivity contribution is 7.10. The molecule has 0 radical (unpaired) electrons. The topological polar surface area (TPSA) is 38.7 Å². The van der Waals surface area contributed by atoms with Crippen LogP contribution in [0.5, 0.6) is 11.5 Å². The Balaban J connectivity index is 1.94. The average molecular weight is 278 g/mol. The second kappa shape index (κ2) is 6.59. The van der Waals surface area contributed by atoms with Crippen molar-refractivity contribution in [2.75, 3.05) is 14.2 Å². The Morgan fingerprint density at radius 1 is 1.11 bits per heavy atom. The normalized spacial score (nSPS) is 12.2. The Hall–Kier alpha value is -1.52. The minimum Gasteiger partial charge on any atom is -0.497 e. The van der Waals surface area contributed by atoms with Gasteiger partial charge in [0.2, 0.25) is 0 Å². The van der Waals surface area contributed by atoms with Crippen molar-refractivity contribution in [2.45, 2.75) is 18.9 Å². The van der Waals surface area contributed by atoms with E-state index in [1.165, 1.54) is 16.9 Å². The number of thiophene rings is 1. The third-order valence-electron chi connectivity index (χ3n) is 3.05. The van der Waals surface area contributed by atoms with Gasteiger partial charge >= 0.3 is 0 Å². The lowest BCUT2D eigenvalue weighted by Crippen LogP contribution is -1.99. The number of hydrogen-bond donors (Lipinski definition) is 1. The highest BCUT2D eigenvalue weighted by atomic mass is 32.1. The minimum atomic E-state index is -0.475. The second-order valence-corrected chi connectivity index (χ2v) is 5.20. The predicted molar refractivity (Wildman–Crippen MR) is 77.1 cm³/mol. The zero-order chi connectivity index (χ0) is 13.7. The van der Waals surface area contributed by atoms with Gasteiger partial charge in [-0.25, -0.2) is 0 Å². The third kappa shape index (κ3) is 3.49. The van der Waals surface area contributed by atoms with Gasteiger partial charge in [-0.05, 0) is 42.0 Å². The van der Waals surface area contributed by atoms with Gasteiger partial charge in [-0.2, -0.15) is 0 Å². The number of aliphatic hydroxyl groups excluding tert-OH is 1.